The highest BCUT2D eigenvalue weighted by Crippen LogP contribution is 2.28. The normalized spacial score (nSPS) is 15.6. The molecule has 3 aromatic rings. The topological polar surface area (TPSA) is 39.1 Å². The number of para-hydroxylation sites is 3. The molecule has 4 heteroatoms. The lowest BCUT2D eigenvalue weighted by Crippen LogP contribution is -2.30. The lowest BCUT2D eigenvalue weighted by molar-refractivity contribution is 0.366. The van der Waals surface area contributed by atoms with E-state index in [1.54, 1.807) is 7.11 Å². The van der Waals surface area contributed by atoms with E-state index in [2.05, 4.69) is 46.3 Å². The Morgan fingerprint density at radius 3 is 2.64 bits per heavy atom. The summed E-state index contributed by atoms with van der Waals surface area (Å²) in [7, 11) is 1.74. The molecule has 4 rings (SSSR count). The molecule has 1 N–H and O–H groups in total. The molecule has 1 aromatic heterocycles. The van der Waals surface area contributed by atoms with Crippen LogP contribution in [-0.2, 0) is 12.8 Å². The Bertz CT molecular complexity index is 849. The van der Waals surface area contributed by atoms with Gasteiger partial charge < -0.3 is 14.6 Å². The van der Waals surface area contributed by atoms with Gasteiger partial charge in [0.1, 0.15) is 11.6 Å². The Balaban J connectivity index is 1.66. The molecule has 0 amide bonds. The molecule has 0 radical (unpaired) electrons. The van der Waals surface area contributed by atoms with E-state index < -0.39 is 0 Å². The van der Waals surface area contributed by atoms with Gasteiger partial charge in [0, 0.05) is 12.5 Å². The summed E-state index contributed by atoms with van der Waals surface area (Å²) >= 11 is 0. The zero-order valence-corrected chi connectivity index (χ0v) is 14.7. The summed E-state index contributed by atoms with van der Waals surface area (Å²) in [6.45, 7) is 2.17. The Morgan fingerprint density at radius 2 is 1.80 bits per heavy atom. The Kier molecular flexibility index (Phi) is 4.70. The SMILES string of the molecule is COc1ccccc1CCc1nc2ccccc2n1C1CCNCC1. The first-order chi connectivity index (χ1) is 12.4. The van der Waals surface area contributed by atoms with Crippen LogP contribution in [0.1, 0.15) is 30.3 Å². The predicted octanol–water partition coefficient (Wildman–Crippen LogP) is 3.75. The van der Waals surface area contributed by atoms with E-state index in [1.165, 1.54) is 29.7 Å². The van der Waals surface area contributed by atoms with Crippen LogP contribution in [0.2, 0.25) is 0 Å². The van der Waals surface area contributed by atoms with Crippen LogP contribution >= 0.6 is 0 Å². The Labute approximate surface area is 148 Å². The number of hydrogen-bond donors (Lipinski definition) is 1. The van der Waals surface area contributed by atoms with Crippen LogP contribution in [-0.4, -0.2) is 29.8 Å². The van der Waals surface area contributed by atoms with Crippen molar-refractivity contribution in [3.63, 3.8) is 0 Å². The molecule has 0 bridgehead atoms. The number of aromatic nitrogens is 2. The van der Waals surface area contributed by atoms with Gasteiger partial charge in [0.25, 0.3) is 0 Å². The maximum absolute atomic E-state index is 5.50. The van der Waals surface area contributed by atoms with Gasteiger partial charge in [-0.1, -0.05) is 30.3 Å². The molecule has 1 saturated heterocycles. The maximum Gasteiger partial charge on any atom is 0.122 e. The van der Waals surface area contributed by atoms with Crippen LogP contribution < -0.4 is 10.1 Å². The standard InChI is InChI=1S/C21H25N3O/c1-25-20-9-5-2-6-16(20)10-11-21-23-18-7-3-4-8-19(18)24(21)17-12-14-22-15-13-17/h2-9,17,22H,10-15H2,1H3. The number of piperidine rings is 1. The number of ether oxygens (including phenoxy) is 1. The molecule has 0 aliphatic carbocycles. The minimum absolute atomic E-state index is 0.543. The molecule has 0 spiro atoms. The summed E-state index contributed by atoms with van der Waals surface area (Å²) in [5.41, 5.74) is 3.62. The molecular weight excluding hydrogens is 310 g/mol. The summed E-state index contributed by atoms with van der Waals surface area (Å²) in [6.07, 6.45) is 4.21. The summed E-state index contributed by atoms with van der Waals surface area (Å²) in [5.74, 6) is 2.16. The minimum atomic E-state index is 0.543. The molecule has 0 atom stereocenters. The van der Waals surface area contributed by atoms with Gasteiger partial charge in [-0.3, -0.25) is 0 Å². The van der Waals surface area contributed by atoms with Gasteiger partial charge >= 0.3 is 0 Å². The Hall–Kier alpha value is -2.33. The maximum atomic E-state index is 5.50. The number of benzene rings is 2. The number of nitrogens with zero attached hydrogens (tertiary/aromatic N) is 2. The van der Waals surface area contributed by atoms with Gasteiger partial charge in [0.05, 0.1) is 18.1 Å². The summed E-state index contributed by atoms with van der Waals surface area (Å²) in [4.78, 5) is 4.96. The Morgan fingerprint density at radius 1 is 1.04 bits per heavy atom. The largest absolute Gasteiger partial charge is 0.496 e. The molecule has 1 fully saturated rings. The number of aryl methyl sites for hydroxylation is 2. The predicted molar refractivity (Wildman–Crippen MR) is 101 cm³/mol. The fourth-order valence-corrected chi connectivity index (χ4v) is 3.90. The van der Waals surface area contributed by atoms with Gasteiger partial charge in [0.15, 0.2) is 0 Å². The van der Waals surface area contributed by atoms with Crippen molar-refractivity contribution in [3.05, 3.63) is 59.9 Å². The van der Waals surface area contributed by atoms with Gasteiger partial charge in [-0.15, -0.1) is 0 Å². The van der Waals surface area contributed by atoms with Crippen LogP contribution in [0.4, 0.5) is 0 Å². The van der Waals surface area contributed by atoms with Crippen molar-refractivity contribution >= 4 is 11.0 Å². The number of methoxy groups -OCH3 is 1. The van der Waals surface area contributed by atoms with E-state index in [1.807, 2.05) is 12.1 Å². The second kappa shape index (κ2) is 7.28. The molecule has 0 saturated carbocycles. The van der Waals surface area contributed by atoms with Crippen molar-refractivity contribution in [2.75, 3.05) is 20.2 Å². The summed E-state index contributed by atoms with van der Waals surface area (Å²) < 4.78 is 8.00. The van der Waals surface area contributed by atoms with Gasteiger partial charge in [0.2, 0.25) is 0 Å². The highest BCUT2D eigenvalue weighted by atomic mass is 16.5. The first-order valence-corrected chi connectivity index (χ1v) is 9.15. The van der Waals surface area contributed by atoms with E-state index in [9.17, 15) is 0 Å². The smallest absolute Gasteiger partial charge is 0.122 e. The molecule has 1 aliphatic rings. The number of imidazole rings is 1. The fraction of sp³-hybridized carbons (Fsp3) is 0.381. The summed E-state index contributed by atoms with van der Waals surface area (Å²) in [6, 6.07) is 17.3. The van der Waals surface area contributed by atoms with Crippen LogP contribution in [0.5, 0.6) is 5.75 Å². The quantitative estimate of drug-likeness (QED) is 0.772. The zero-order valence-electron chi connectivity index (χ0n) is 14.7. The van der Waals surface area contributed by atoms with Crippen molar-refractivity contribution in [2.45, 2.75) is 31.7 Å². The van der Waals surface area contributed by atoms with Crippen molar-refractivity contribution in [3.8, 4) is 5.75 Å². The third-order valence-corrected chi connectivity index (χ3v) is 5.15. The number of fused-ring (bicyclic) bond motifs is 1. The second-order valence-electron chi connectivity index (χ2n) is 6.68. The van der Waals surface area contributed by atoms with E-state index in [4.69, 9.17) is 9.72 Å². The number of hydrogen-bond acceptors (Lipinski definition) is 3. The van der Waals surface area contributed by atoms with Crippen molar-refractivity contribution in [1.29, 1.82) is 0 Å². The van der Waals surface area contributed by atoms with Crippen LogP contribution in [0.3, 0.4) is 0 Å². The van der Waals surface area contributed by atoms with Gasteiger partial charge in [-0.25, -0.2) is 4.98 Å². The van der Waals surface area contributed by atoms with Crippen LogP contribution in [0, 0.1) is 0 Å². The lowest BCUT2D eigenvalue weighted by atomic mass is 10.0. The molecule has 2 heterocycles. The molecule has 4 nitrogen and oxygen atoms in total. The highest BCUT2D eigenvalue weighted by Gasteiger charge is 2.21. The minimum Gasteiger partial charge on any atom is -0.496 e. The first-order valence-electron chi connectivity index (χ1n) is 9.15. The molecule has 130 valence electrons. The van der Waals surface area contributed by atoms with E-state index >= 15 is 0 Å². The van der Waals surface area contributed by atoms with E-state index in [0.29, 0.717) is 6.04 Å². The molecule has 2 aromatic carbocycles. The zero-order chi connectivity index (χ0) is 17.1. The average Bonchev–Trinajstić information content (AvgIpc) is 3.05. The molecular formula is C21H25N3O. The van der Waals surface area contributed by atoms with Crippen molar-refractivity contribution in [2.24, 2.45) is 0 Å². The van der Waals surface area contributed by atoms with E-state index in [0.717, 1.165) is 37.2 Å². The average molecular weight is 335 g/mol. The molecule has 1 aliphatic heterocycles. The van der Waals surface area contributed by atoms with Crippen molar-refractivity contribution in [1.82, 2.24) is 14.9 Å². The molecule has 0 unspecified atom stereocenters. The summed E-state index contributed by atoms with van der Waals surface area (Å²) in [5, 5.41) is 3.47. The first kappa shape index (κ1) is 16.2. The third-order valence-electron chi connectivity index (χ3n) is 5.15. The van der Waals surface area contributed by atoms with Crippen LogP contribution in [0.25, 0.3) is 11.0 Å². The number of rotatable bonds is 5. The van der Waals surface area contributed by atoms with Crippen molar-refractivity contribution < 1.29 is 4.74 Å². The number of nitrogens with one attached hydrogen (secondary N) is 1. The fourth-order valence-electron chi connectivity index (χ4n) is 3.90. The highest BCUT2D eigenvalue weighted by molar-refractivity contribution is 5.76. The van der Waals surface area contributed by atoms with Gasteiger partial charge in [-0.2, -0.15) is 0 Å². The second-order valence-corrected chi connectivity index (χ2v) is 6.68. The van der Waals surface area contributed by atoms with Gasteiger partial charge in [-0.05, 0) is 56.1 Å². The van der Waals surface area contributed by atoms with Crippen LogP contribution in [0.15, 0.2) is 48.5 Å². The monoisotopic (exact) mass is 335 g/mol. The lowest BCUT2D eigenvalue weighted by Gasteiger charge is -2.26. The third kappa shape index (κ3) is 3.27. The van der Waals surface area contributed by atoms with E-state index in [-0.39, 0.29) is 0 Å². The molecule has 25 heavy (non-hydrogen) atoms.